The van der Waals surface area contributed by atoms with Crippen molar-refractivity contribution in [3.63, 3.8) is 0 Å². The third kappa shape index (κ3) is 3.20. The molecule has 1 saturated carbocycles. The van der Waals surface area contributed by atoms with Gasteiger partial charge in [0.25, 0.3) is 0 Å². The van der Waals surface area contributed by atoms with Gasteiger partial charge in [0.2, 0.25) is 11.8 Å². The van der Waals surface area contributed by atoms with Crippen LogP contribution in [0.15, 0.2) is 0 Å². The van der Waals surface area contributed by atoms with E-state index >= 15 is 0 Å². The molecular formula is C13H22N2O2. The van der Waals surface area contributed by atoms with Gasteiger partial charge in [-0.1, -0.05) is 12.8 Å². The molecule has 0 aromatic rings. The Morgan fingerprint density at radius 2 is 1.82 bits per heavy atom. The van der Waals surface area contributed by atoms with Crippen LogP contribution in [0.25, 0.3) is 0 Å². The van der Waals surface area contributed by atoms with Gasteiger partial charge in [-0.25, -0.2) is 0 Å². The number of nitrogens with one attached hydrogen (secondary N) is 1. The van der Waals surface area contributed by atoms with Gasteiger partial charge in [-0.05, 0) is 25.7 Å². The number of hydrogen-bond donors (Lipinski definition) is 1. The molecule has 1 aliphatic heterocycles. The normalized spacial score (nSPS) is 25.9. The molecule has 1 heterocycles. The summed E-state index contributed by atoms with van der Waals surface area (Å²) in [5, 5.41) is 3.13. The molecule has 0 bridgehead atoms. The van der Waals surface area contributed by atoms with Crippen molar-refractivity contribution in [1.82, 2.24) is 10.2 Å². The SMILES string of the molecule is CC(=O)N1CCCC(C(=O)NC2CCCC2)C1. The summed E-state index contributed by atoms with van der Waals surface area (Å²) in [4.78, 5) is 25.2. The van der Waals surface area contributed by atoms with E-state index in [0.717, 1.165) is 32.2 Å². The molecular weight excluding hydrogens is 216 g/mol. The fraction of sp³-hybridized carbons (Fsp3) is 0.846. The van der Waals surface area contributed by atoms with Crippen LogP contribution in [0.3, 0.4) is 0 Å². The Hall–Kier alpha value is -1.06. The Bertz CT molecular complexity index is 298. The number of likely N-dealkylation sites (tertiary alicyclic amines) is 1. The van der Waals surface area contributed by atoms with E-state index in [0.29, 0.717) is 12.6 Å². The van der Waals surface area contributed by atoms with Gasteiger partial charge < -0.3 is 10.2 Å². The first kappa shape index (κ1) is 12.4. The maximum absolute atomic E-state index is 12.1. The molecule has 0 radical (unpaired) electrons. The summed E-state index contributed by atoms with van der Waals surface area (Å²) in [6.07, 6.45) is 6.57. The van der Waals surface area contributed by atoms with Crippen molar-refractivity contribution in [2.24, 2.45) is 5.92 Å². The van der Waals surface area contributed by atoms with Crippen molar-refractivity contribution in [3.05, 3.63) is 0 Å². The van der Waals surface area contributed by atoms with E-state index in [1.807, 2.05) is 0 Å². The van der Waals surface area contributed by atoms with E-state index in [1.54, 1.807) is 11.8 Å². The van der Waals surface area contributed by atoms with E-state index in [9.17, 15) is 9.59 Å². The van der Waals surface area contributed by atoms with Crippen LogP contribution >= 0.6 is 0 Å². The van der Waals surface area contributed by atoms with Crippen LogP contribution in [0, 0.1) is 5.92 Å². The quantitative estimate of drug-likeness (QED) is 0.788. The fourth-order valence-corrected chi connectivity index (χ4v) is 2.87. The van der Waals surface area contributed by atoms with E-state index in [-0.39, 0.29) is 17.7 Å². The molecule has 1 unspecified atom stereocenters. The van der Waals surface area contributed by atoms with Crippen molar-refractivity contribution in [2.75, 3.05) is 13.1 Å². The third-order valence-electron chi connectivity index (χ3n) is 3.94. The van der Waals surface area contributed by atoms with Gasteiger partial charge in [0.05, 0.1) is 5.92 Å². The van der Waals surface area contributed by atoms with Gasteiger partial charge in [0, 0.05) is 26.1 Å². The molecule has 0 aromatic heterocycles. The minimum absolute atomic E-state index is 0.00764. The second-order valence-corrected chi connectivity index (χ2v) is 5.29. The topological polar surface area (TPSA) is 49.4 Å². The zero-order chi connectivity index (χ0) is 12.3. The van der Waals surface area contributed by atoms with Crippen LogP contribution in [0.4, 0.5) is 0 Å². The molecule has 2 aliphatic rings. The highest BCUT2D eigenvalue weighted by Crippen LogP contribution is 2.20. The first-order valence-electron chi connectivity index (χ1n) is 6.72. The zero-order valence-electron chi connectivity index (χ0n) is 10.6. The zero-order valence-corrected chi connectivity index (χ0v) is 10.6. The predicted octanol–water partition coefficient (Wildman–Crippen LogP) is 1.30. The highest BCUT2D eigenvalue weighted by Gasteiger charge is 2.28. The van der Waals surface area contributed by atoms with Gasteiger partial charge in [-0.2, -0.15) is 0 Å². The summed E-state index contributed by atoms with van der Waals surface area (Å²) in [5.74, 6) is 0.250. The lowest BCUT2D eigenvalue weighted by atomic mass is 9.96. The summed E-state index contributed by atoms with van der Waals surface area (Å²) in [6.45, 7) is 2.99. The van der Waals surface area contributed by atoms with E-state index < -0.39 is 0 Å². The van der Waals surface area contributed by atoms with Gasteiger partial charge in [-0.3, -0.25) is 9.59 Å². The van der Waals surface area contributed by atoms with Gasteiger partial charge in [-0.15, -0.1) is 0 Å². The predicted molar refractivity (Wildman–Crippen MR) is 65.4 cm³/mol. The Kier molecular flexibility index (Phi) is 4.02. The maximum atomic E-state index is 12.1. The molecule has 1 N–H and O–H groups in total. The average molecular weight is 238 g/mol. The summed E-state index contributed by atoms with van der Waals surface area (Å²) in [6, 6.07) is 0.384. The minimum atomic E-state index is 0.00764. The van der Waals surface area contributed by atoms with Crippen molar-refractivity contribution < 1.29 is 9.59 Å². The van der Waals surface area contributed by atoms with Crippen molar-refractivity contribution >= 4 is 11.8 Å². The Balaban J connectivity index is 1.83. The molecule has 2 rings (SSSR count). The third-order valence-corrected chi connectivity index (χ3v) is 3.94. The molecule has 0 spiro atoms. The number of nitrogens with zero attached hydrogens (tertiary/aromatic N) is 1. The molecule has 17 heavy (non-hydrogen) atoms. The molecule has 1 atom stereocenters. The fourth-order valence-electron chi connectivity index (χ4n) is 2.87. The number of carbonyl (C=O) groups excluding carboxylic acids is 2. The van der Waals surface area contributed by atoms with Crippen LogP contribution in [0.2, 0.25) is 0 Å². The summed E-state index contributed by atoms with van der Waals surface area (Å²) < 4.78 is 0. The lowest BCUT2D eigenvalue weighted by Gasteiger charge is -2.31. The Morgan fingerprint density at radius 1 is 1.12 bits per heavy atom. The van der Waals surface area contributed by atoms with Crippen LogP contribution < -0.4 is 5.32 Å². The van der Waals surface area contributed by atoms with Gasteiger partial charge in [0.1, 0.15) is 0 Å². The van der Waals surface area contributed by atoms with Crippen LogP contribution in [0.1, 0.15) is 45.4 Å². The molecule has 2 fully saturated rings. The monoisotopic (exact) mass is 238 g/mol. The van der Waals surface area contributed by atoms with E-state index in [2.05, 4.69) is 5.32 Å². The minimum Gasteiger partial charge on any atom is -0.353 e. The molecule has 4 heteroatoms. The lowest BCUT2D eigenvalue weighted by Crippen LogP contribution is -2.46. The number of hydrogen-bond acceptors (Lipinski definition) is 2. The lowest BCUT2D eigenvalue weighted by molar-refractivity contribution is -0.134. The maximum Gasteiger partial charge on any atom is 0.225 e. The molecule has 1 saturated heterocycles. The van der Waals surface area contributed by atoms with Crippen molar-refractivity contribution in [1.29, 1.82) is 0 Å². The van der Waals surface area contributed by atoms with Crippen LogP contribution in [-0.4, -0.2) is 35.8 Å². The number of amides is 2. The van der Waals surface area contributed by atoms with Crippen LogP contribution in [-0.2, 0) is 9.59 Å². The summed E-state index contributed by atoms with van der Waals surface area (Å²) in [7, 11) is 0. The Morgan fingerprint density at radius 3 is 2.47 bits per heavy atom. The van der Waals surface area contributed by atoms with Gasteiger partial charge in [0.15, 0.2) is 0 Å². The summed E-state index contributed by atoms with van der Waals surface area (Å²) >= 11 is 0. The average Bonchev–Trinajstić information content (AvgIpc) is 2.82. The molecule has 1 aliphatic carbocycles. The summed E-state index contributed by atoms with van der Waals surface area (Å²) in [5.41, 5.74) is 0. The number of rotatable bonds is 2. The highest BCUT2D eigenvalue weighted by atomic mass is 16.2. The molecule has 96 valence electrons. The largest absolute Gasteiger partial charge is 0.353 e. The first-order chi connectivity index (χ1) is 8.16. The standard InChI is InChI=1S/C13H22N2O2/c1-10(16)15-8-4-5-11(9-15)13(17)14-12-6-2-3-7-12/h11-12H,2-9H2,1H3,(H,14,17). The highest BCUT2D eigenvalue weighted by molar-refractivity contribution is 5.80. The van der Waals surface area contributed by atoms with Crippen LogP contribution in [0.5, 0.6) is 0 Å². The molecule has 2 amide bonds. The molecule has 0 aromatic carbocycles. The Labute approximate surface area is 103 Å². The smallest absolute Gasteiger partial charge is 0.225 e. The van der Waals surface area contributed by atoms with Crippen molar-refractivity contribution in [3.8, 4) is 0 Å². The second-order valence-electron chi connectivity index (χ2n) is 5.29. The van der Waals surface area contributed by atoms with Crippen molar-refractivity contribution in [2.45, 2.75) is 51.5 Å². The van der Waals surface area contributed by atoms with E-state index in [4.69, 9.17) is 0 Å². The van der Waals surface area contributed by atoms with Gasteiger partial charge >= 0.3 is 0 Å². The first-order valence-corrected chi connectivity index (χ1v) is 6.72. The van der Waals surface area contributed by atoms with E-state index in [1.165, 1.54) is 12.8 Å². The number of carbonyl (C=O) groups is 2. The second kappa shape index (κ2) is 5.52. The molecule has 4 nitrogen and oxygen atoms in total. The number of piperidine rings is 1.